The van der Waals surface area contributed by atoms with E-state index in [1.807, 2.05) is 36.4 Å². The number of anilines is 1. The summed E-state index contributed by atoms with van der Waals surface area (Å²) < 4.78 is 0. The van der Waals surface area contributed by atoms with E-state index in [0.29, 0.717) is 6.42 Å². The molecule has 0 fully saturated rings. The Kier molecular flexibility index (Phi) is 5.52. The summed E-state index contributed by atoms with van der Waals surface area (Å²) in [6, 6.07) is 15.4. The number of carbonyl (C=O) groups is 1. The Morgan fingerprint density at radius 2 is 1.52 bits per heavy atom. The van der Waals surface area contributed by atoms with Crippen LogP contribution in [0.25, 0.3) is 0 Å². The molecule has 3 heteroatoms. The Hall–Kier alpha value is -2.13. The highest BCUT2D eigenvalue weighted by atomic mass is 16.3. The summed E-state index contributed by atoms with van der Waals surface area (Å²) in [4.78, 5) is 12.0. The second-order valence-electron chi connectivity index (χ2n) is 5.15. The van der Waals surface area contributed by atoms with Gasteiger partial charge in [-0.3, -0.25) is 4.79 Å². The van der Waals surface area contributed by atoms with E-state index in [0.717, 1.165) is 29.7 Å². The molecule has 0 bridgehead atoms. The van der Waals surface area contributed by atoms with Gasteiger partial charge < -0.3 is 10.4 Å². The highest BCUT2D eigenvalue weighted by molar-refractivity contribution is 5.92. The fourth-order valence-electron chi connectivity index (χ4n) is 2.20. The van der Waals surface area contributed by atoms with E-state index < -0.39 is 0 Å². The third kappa shape index (κ3) is 4.72. The summed E-state index contributed by atoms with van der Waals surface area (Å²) in [7, 11) is 0. The van der Waals surface area contributed by atoms with Crippen molar-refractivity contribution < 1.29 is 9.90 Å². The molecule has 0 aliphatic rings. The summed E-state index contributed by atoms with van der Waals surface area (Å²) in [6.45, 7) is 2.17. The van der Waals surface area contributed by atoms with Crippen LogP contribution in [0.4, 0.5) is 5.69 Å². The van der Waals surface area contributed by atoms with Gasteiger partial charge in [0.15, 0.2) is 0 Å². The zero-order chi connectivity index (χ0) is 15.1. The van der Waals surface area contributed by atoms with Gasteiger partial charge in [-0.1, -0.05) is 49.7 Å². The first-order chi connectivity index (χ1) is 10.2. The van der Waals surface area contributed by atoms with E-state index >= 15 is 0 Å². The summed E-state index contributed by atoms with van der Waals surface area (Å²) >= 11 is 0. The van der Waals surface area contributed by atoms with Crippen LogP contribution < -0.4 is 5.32 Å². The lowest BCUT2D eigenvalue weighted by Crippen LogP contribution is -2.14. The van der Waals surface area contributed by atoms with Crippen LogP contribution >= 0.6 is 0 Å². The molecule has 0 heterocycles. The molecule has 21 heavy (non-hydrogen) atoms. The number of aliphatic hydroxyl groups excluding tert-OH is 1. The molecule has 2 N–H and O–H groups in total. The quantitative estimate of drug-likeness (QED) is 0.854. The summed E-state index contributed by atoms with van der Waals surface area (Å²) in [6.07, 6.45) is 2.52. The Morgan fingerprint density at radius 3 is 2.10 bits per heavy atom. The lowest BCUT2D eigenvalue weighted by atomic mass is 10.1. The third-order valence-corrected chi connectivity index (χ3v) is 3.35. The molecule has 3 nitrogen and oxygen atoms in total. The van der Waals surface area contributed by atoms with Crippen molar-refractivity contribution in [2.24, 2.45) is 0 Å². The maximum absolute atomic E-state index is 12.0. The molecular formula is C18H21NO2. The van der Waals surface area contributed by atoms with Crippen molar-refractivity contribution in [1.29, 1.82) is 0 Å². The Labute approximate surface area is 125 Å². The molecule has 0 radical (unpaired) electrons. The molecule has 0 atom stereocenters. The van der Waals surface area contributed by atoms with Crippen molar-refractivity contribution in [3.05, 3.63) is 65.2 Å². The smallest absolute Gasteiger partial charge is 0.228 e. The number of hydrogen-bond acceptors (Lipinski definition) is 2. The number of nitrogens with one attached hydrogen (secondary N) is 1. The highest BCUT2D eigenvalue weighted by Gasteiger charge is 2.04. The first-order valence-corrected chi connectivity index (χ1v) is 7.28. The normalized spacial score (nSPS) is 10.4. The van der Waals surface area contributed by atoms with E-state index in [4.69, 9.17) is 5.11 Å². The fraction of sp³-hybridized carbons (Fsp3) is 0.278. The molecule has 2 rings (SSSR count). The standard InChI is InChI=1S/C18H21NO2/c1-2-3-14-8-10-17(11-9-14)19-18(21)12-15-4-6-16(13-20)7-5-15/h4-11,20H,2-3,12-13H2,1H3,(H,19,21). The predicted molar refractivity (Wildman–Crippen MR) is 85.1 cm³/mol. The zero-order valence-corrected chi connectivity index (χ0v) is 12.3. The molecule has 0 aliphatic carbocycles. The van der Waals surface area contributed by atoms with Crippen LogP contribution in [-0.2, 0) is 24.2 Å². The fourth-order valence-corrected chi connectivity index (χ4v) is 2.20. The minimum atomic E-state index is -0.0324. The van der Waals surface area contributed by atoms with E-state index in [1.165, 1.54) is 5.56 Å². The van der Waals surface area contributed by atoms with Crippen molar-refractivity contribution in [1.82, 2.24) is 0 Å². The molecule has 1 amide bonds. The molecule has 0 aliphatic heterocycles. The topological polar surface area (TPSA) is 49.3 Å². The molecule has 0 unspecified atom stereocenters. The Morgan fingerprint density at radius 1 is 0.952 bits per heavy atom. The van der Waals surface area contributed by atoms with Gasteiger partial charge in [0.2, 0.25) is 5.91 Å². The first-order valence-electron chi connectivity index (χ1n) is 7.28. The largest absolute Gasteiger partial charge is 0.392 e. The number of aryl methyl sites for hydroxylation is 1. The number of rotatable bonds is 6. The van der Waals surface area contributed by atoms with Crippen LogP contribution in [0.2, 0.25) is 0 Å². The molecule has 2 aromatic rings. The van der Waals surface area contributed by atoms with Crippen molar-refractivity contribution in [3.8, 4) is 0 Å². The van der Waals surface area contributed by atoms with Gasteiger partial charge in [-0.25, -0.2) is 0 Å². The predicted octanol–water partition coefficient (Wildman–Crippen LogP) is 3.31. The number of hydrogen-bond donors (Lipinski definition) is 2. The second kappa shape index (κ2) is 7.60. The number of carbonyl (C=O) groups excluding carboxylic acids is 1. The van der Waals surface area contributed by atoms with Gasteiger partial charge in [-0.15, -0.1) is 0 Å². The average Bonchev–Trinajstić information content (AvgIpc) is 2.50. The van der Waals surface area contributed by atoms with Crippen molar-refractivity contribution in [3.63, 3.8) is 0 Å². The van der Waals surface area contributed by atoms with Crippen molar-refractivity contribution in [2.45, 2.75) is 32.8 Å². The van der Waals surface area contributed by atoms with Crippen LogP contribution in [0.1, 0.15) is 30.0 Å². The number of aliphatic hydroxyl groups is 1. The molecule has 0 spiro atoms. The molecule has 0 aromatic heterocycles. The van der Waals surface area contributed by atoms with Crippen molar-refractivity contribution in [2.75, 3.05) is 5.32 Å². The van der Waals surface area contributed by atoms with Gasteiger partial charge in [0.1, 0.15) is 0 Å². The van der Waals surface area contributed by atoms with E-state index in [-0.39, 0.29) is 12.5 Å². The van der Waals surface area contributed by atoms with Gasteiger partial charge in [-0.05, 0) is 35.2 Å². The lowest BCUT2D eigenvalue weighted by Gasteiger charge is -2.07. The number of amides is 1. The van der Waals surface area contributed by atoms with Gasteiger partial charge in [0.05, 0.1) is 13.0 Å². The summed E-state index contributed by atoms with van der Waals surface area (Å²) in [5.74, 6) is -0.0324. The van der Waals surface area contributed by atoms with Gasteiger partial charge >= 0.3 is 0 Å². The van der Waals surface area contributed by atoms with Crippen LogP contribution in [0.15, 0.2) is 48.5 Å². The molecular weight excluding hydrogens is 262 g/mol. The Balaban J connectivity index is 1.91. The Bertz CT molecular complexity index is 573. The van der Waals surface area contributed by atoms with Gasteiger partial charge in [0.25, 0.3) is 0 Å². The highest BCUT2D eigenvalue weighted by Crippen LogP contribution is 2.12. The average molecular weight is 283 g/mol. The molecule has 2 aromatic carbocycles. The van der Waals surface area contributed by atoms with Gasteiger partial charge in [-0.2, -0.15) is 0 Å². The summed E-state index contributed by atoms with van der Waals surface area (Å²) in [5, 5.41) is 11.9. The van der Waals surface area contributed by atoms with Gasteiger partial charge in [0, 0.05) is 5.69 Å². The summed E-state index contributed by atoms with van der Waals surface area (Å²) in [5.41, 5.74) is 3.90. The first kappa shape index (κ1) is 15.3. The maximum Gasteiger partial charge on any atom is 0.228 e. The minimum Gasteiger partial charge on any atom is -0.392 e. The zero-order valence-electron chi connectivity index (χ0n) is 12.3. The molecule has 0 saturated heterocycles. The lowest BCUT2D eigenvalue weighted by molar-refractivity contribution is -0.115. The van der Waals surface area contributed by atoms with Crippen LogP contribution in [0.3, 0.4) is 0 Å². The van der Waals surface area contributed by atoms with Crippen molar-refractivity contribution >= 4 is 11.6 Å². The van der Waals surface area contributed by atoms with Crippen LogP contribution in [0, 0.1) is 0 Å². The monoisotopic (exact) mass is 283 g/mol. The van der Waals surface area contributed by atoms with E-state index in [1.54, 1.807) is 0 Å². The number of benzene rings is 2. The third-order valence-electron chi connectivity index (χ3n) is 3.35. The molecule has 0 saturated carbocycles. The van der Waals surface area contributed by atoms with Crippen LogP contribution in [0.5, 0.6) is 0 Å². The van der Waals surface area contributed by atoms with E-state index in [2.05, 4.69) is 24.4 Å². The van der Waals surface area contributed by atoms with E-state index in [9.17, 15) is 4.79 Å². The molecule has 110 valence electrons. The maximum atomic E-state index is 12.0. The SMILES string of the molecule is CCCc1ccc(NC(=O)Cc2ccc(CO)cc2)cc1. The second-order valence-corrected chi connectivity index (χ2v) is 5.15. The minimum absolute atomic E-state index is 0.0244. The van der Waals surface area contributed by atoms with Crippen LogP contribution in [-0.4, -0.2) is 11.0 Å².